The monoisotopic (exact) mass is 538 g/mol. The highest BCUT2D eigenvalue weighted by atomic mass is 35.5. The predicted molar refractivity (Wildman–Crippen MR) is 135 cm³/mol. The number of thiazole rings is 1. The Morgan fingerprint density at radius 2 is 1.94 bits per heavy atom. The summed E-state index contributed by atoms with van der Waals surface area (Å²) in [6, 6.07) is 7.60. The average Bonchev–Trinajstić information content (AvgIpc) is 3.32. The van der Waals surface area contributed by atoms with Gasteiger partial charge >= 0.3 is 6.18 Å². The zero-order valence-corrected chi connectivity index (χ0v) is 20.9. The third kappa shape index (κ3) is 7.14. The molecule has 1 aromatic carbocycles. The number of carbonyl (C=O) groups excluding carboxylic acids is 1. The van der Waals surface area contributed by atoms with Gasteiger partial charge in [0.15, 0.2) is 5.13 Å². The lowest BCUT2D eigenvalue weighted by atomic mass is 9.95. The van der Waals surface area contributed by atoms with Crippen LogP contribution in [0.5, 0.6) is 0 Å². The van der Waals surface area contributed by atoms with E-state index in [2.05, 4.69) is 30.9 Å². The summed E-state index contributed by atoms with van der Waals surface area (Å²) in [5.41, 5.74) is -0.494. The molecule has 0 unspecified atom stereocenters. The van der Waals surface area contributed by atoms with E-state index in [4.69, 9.17) is 11.6 Å². The van der Waals surface area contributed by atoms with Crippen molar-refractivity contribution in [3.05, 3.63) is 52.1 Å². The molecule has 0 aliphatic heterocycles. The van der Waals surface area contributed by atoms with Crippen LogP contribution in [0, 0.1) is 0 Å². The van der Waals surface area contributed by atoms with Gasteiger partial charge < -0.3 is 16.0 Å². The van der Waals surface area contributed by atoms with E-state index in [1.807, 2.05) is 6.07 Å². The zero-order chi connectivity index (χ0) is 25.5. The van der Waals surface area contributed by atoms with E-state index in [-0.39, 0.29) is 12.5 Å². The molecular weight excluding hydrogens is 513 g/mol. The molecule has 192 valence electrons. The number of amides is 1. The lowest BCUT2D eigenvalue weighted by Gasteiger charge is -2.22. The summed E-state index contributed by atoms with van der Waals surface area (Å²) in [5.74, 6) is -1.05. The number of benzene rings is 1. The van der Waals surface area contributed by atoms with Crippen LogP contribution in [-0.4, -0.2) is 40.0 Å². The van der Waals surface area contributed by atoms with E-state index in [1.165, 1.54) is 30.6 Å². The fourth-order valence-electron chi connectivity index (χ4n) is 4.02. The highest BCUT2D eigenvalue weighted by Gasteiger charge is 2.37. The van der Waals surface area contributed by atoms with Gasteiger partial charge in [0.2, 0.25) is 5.95 Å². The summed E-state index contributed by atoms with van der Waals surface area (Å²) in [6.45, 7) is 0.921. The molecule has 12 heteroatoms. The Morgan fingerprint density at radius 1 is 1.14 bits per heavy atom. The number of carbonyl (C=O) groups is 1. The second kappa shape index (κ2) is 12.0. The molecule has 1 aliphatic carbocycles. The van der Waals surface area contributed by atoms with Gasteiger partial charge in [0, 0.05) is 34.7 Å². The van der Waals surface area contributed by atoms with Crippen LogP contribution < -0.4 is 16.0 Å². The van der Waals surface area contributed by atoms with E-state index >= 15 is 0 Å². The molecule has 1 fully saturated rings. The Labute approximate surface area is 215 Å². The first-order chi connectivity index (χ1) is 17.3. The molecule has 1 amide bonds. The molecule has 1 saturated carbocycles. The van der Waals surface area contributed by atoms with Crippen LogP contribution in [0.15, 0.2) is 35.8 Å². The molecular formula is C24H26ClF3N6OS. The van der Waals surface area contributed by atoms with Gasteiger partial charge in [-0.1, -0.05) is 43.0 Å². The lowest BCUT2D eigenvalue weighted by molar-refractivity contribution is -0.138. The Balaban J connectivity index is 1.40. The zero-order valence-electron chi connectivity index (χ0n) is 19.4. The van der Waals surface area contributed by atoms with Crippen molar-refractivity contribution in [2.75, 3.05) is 18.4 Å². The fourth-order valence-corrected chi connectivity index (χ4v) is 4.92. The van der Waals surface area contributed by atoms with Gasteiger partial charge in [-0.25, -0.2) is 15.0 Å². The highest BCUT2D eigenvalue weighted by molar-refractivity contribution is 7.14. The van der Waals surface area contributed by atoms with E-state index in [0.717, 1.165) is 18.4 Å². The highest BCUT2D eigenvalue weighted by Crippen LogP contribution is 2.32. The Kier molecular flexibility index (Phi) is 8.76. The maximum Gasteiger partial charge on any atom is 0.420 e. The van der Waals surface area contributed by atoms with Crippen LogP contribution in [0.25, 0.3) is 11.3 Å². The molecule has 2 aromatic heterocycles. The maximum absolute atomic E-state index is 13.5. The number of nitrogens with one attached hydrogen (secondary N) is 3. The van der Waals surface area contributed by atoms with Gasteiger partial charge in [-0.3, -0.25) is 4.79 Å². The van der Waals surface area contributed by atoms with Gasteiger partial charge in [0.25, 0.3) is 5.91 Å². The van der Waals surface area contributed by atoms with Crippen molar-refractivity contribution in [1.29, 1.82) is 0 Å². The van der Waals surface area contributed by atoms with Crippen molar-refractivity contribution in [2.24, 2.45) is 0 Å². The Hall–Kier alpha value is -2.76. The van der Waals surface area contributed by atoms with Crippen LogP contribution in [0.4, 0.5) is 24.3 Å². The third-order valence-corrected chi connectivity index (χ3v) is 6.82. The van der Waals surface area contributed by atoms with E-state index in [0.29, 0.717) is 41.1 Å². The number of aromatic nitrogens is 3. The van der Waals surface area contributed by atoms with Crippen molar-refractivity contribution in [1.82, 2.24) is 25.6 Å². The molecule has 0 spiro atoms. The van der Waals surface area contributed by atoms with Crippen molar-refractivity contribution in [3.8, 4) is 11.3 Å². The first kappa shape index (κ1) is 26.3. The van der Waals surface area contributed by atoms with Gasteiger partial charge in [-0.05, 0) is 37.9 Å². The number of hydrogen-bond acceptors (Lipinski definition) is 7. The first-order valence-corrected chi connectivity index (χ1v) is 13.0. The molecule has 0 bridgehead atoms. The minimum absolute atomic E-state index is 0.154. The first-order valence-electron chi connectivity index (χ1n) is 11.7. The number of anilines is 2. The summed E-state index contributed by atoms with van der Waals surface area (Å²) in [7, 11) is 0. The van der Waals surface area contributed by atoms with Crippen LogP contribution in [0.3, 0.4) is 0 Å². The Bertz CT molecular complexity index is 1180. The van der Waals surface area contributed by atoms with Crippen molar-refractivity contribution in [2.45, 2.75) is 50.7 Å². The number of nitrogens with zero attached hydrogens (tertiary/aromatic N) is 3. The second-order valence-electron chi connectivity index (χ2n) is 8.53. The molecule has 1 aliphatic rings. The molecule has 0 atom stereocenters. The van der Waals surface area contributed by atoms with Crippen molar-refractivity contribution >= 4 is 39.9 Å². The van der Waals surface area contributed by atoms with Crippen LogP contribution in [0.2, 0.25) is 5.02 Å². The molecule has 4 rings (SSSR count). The minimum atomic E-state index is -4.77. The van der Waals surface area contributed by atoms with Gasteiger partial charge in [-0.2, -0.15) is 13.2 Å². The van der Waals surface area contributed by atoms with E-state index in [1.54, 1.807) is 23.6 Å². The Morgan fingerprint density at radius 3 is 2.69 bits per heavy atom. The number of alkyl halides is 3. The molecule has 2 heterocycles. The van der Waals surface area contributed by atoms with Crippen molar-refractivity contribution in [3.63, 3.8) is 0 Å². The van der Waals surface area contributed by atoms with Crippen LogP contribution in [-0.2, 0) is 6.18 Å². The number of hydrogen-bond donors (Lipinski definition) is 3. The molecule has 0 radical (unpaired) electrons. The summed E-state index contributed by atoms with van der Waals surface area (Å²) in [4.78, 5) is 24.7. The van der Waals surface area contributed by atoms with E-state index in [9.17, 15) is 18.0 Å². The normalized spacial score (nSPS) is 14.6. The fraction of sp³-hybridized carbons (Fsp3) is 0.417. The standard InChI is InChI=1S/C24H26ClF3N6OS/c25-16-7-4-6-15(12-16)19-14-36-23(32-19)34-22-31-13-18(24(26,27)28)20(33-22)21(35)30-11-5-10-29-17-8-2-1-3-9-17/h4,6-7,12-14,17,29H,1-3,5,8-11H2,(H,30,35)(H,31,32,33,34). The second-order valence-corrected chi connectivity index (χ2v) is 9.82. The van der Waals surface area contributed by atoms with Crippen LogP contribution >= 0.6 is 22.9 Å². The third-order valence-electron chi connectivity index (χ3n) is 5.83. The predicted octanol–water partition coefficient (Wildman–Crippen LogP) is 6.06. The van der Waals surface area contributed by atoms with Gasteiger partial charge in [0.1, 0.15) is 11.3 Å². The molecule has 36 heavy (non-hydrogen) atoms. The summed E-state index contributed by atoms with van der Waals surface area (Å²) in [6.07, 6.45) is 2.40. The summed E-state index contributed by atoms with van der Waals surface area (Å²) in [5, 5.41) is 11.5. The molecule has 7 nitrogen and oxygen atoms in total. The SMILES string of the molecule is O=C(NCCCNC1CCCCC1)c1nc(Nc2nc(-c3cccc(Cl)c3)cs2)ncc1C(F)(F)F. The lowest BCUT2D eigenvalue weighted by Crippen LogP contribution is -2.34. The quantitative estimate of drug-likeness (QED) is 0.287. The number of rotatable bonds is 9. The average molecular weight is 539 g/mol. The maximum atomic E-state index is 13.5. The summed E-state index contributed by atoms with van der Waals surface area (Å²) < 4.78 is 40.6. The molecule has 3 N–H and O–H groups in total. The smallest absolute Gasteiger partial charge is 0.351 e. The molecule has 0 saturated heterocycles. The van der Waals surface area contributed by atoms with Gasteiger partial charge in [-0.15, -0.1) is 11.3 Å². The summed E-state index contributed by atoms with van der Waals surface area (Å²) >= 11 is 7.25. The minimum Gasteiger partial charge on any atom is -0.351 e. The van der Waals surface area contributed by atoms with Crippen molar-refractivity contribution < 1.29 is 18.0 Å². The number of halogens is 4. The largest absolute Gasteiger partial charge is 0.420 e. The van der Waals surface area contributed by atoms with E-state index < -0.39 is 23.3 Å². The van der Waals surface area contributed by atoms with Crippen LogP contribution in [0.1, 0.15) is 54.6 Å². The molecule has 3 aromatic rings. The van der Waals surface area contributed by atoms with Gasteiger partial charge in [0.05, 0.1) is 5.69 Å². The topological polar surface area (TPSA) is 91.8 Å².